The fourth-order valence-electron chi connectivity index (χ4n) is 2.17. The molecule has 1 amide bonds. The molecule has 0 radical (unpaired) electrons. The molecular weight excluding hydrogens is 349 g/mol. The third-order valence-electron chi connectivity index (χ3n) is 3.60. The van der Waals surface area contributed by atoms with Crippen LogP contribution in [0.4, 0.5) is 19.0 Å². The third-order valence-corrected chi connectivity index (χ3v) is 3.60. The number of ether oxygens (including phenoxy) is 1. The number of hydrazine groups is 1. The first-order valence-corrected chi connectivity index (χ1v) is 8.06. The zero-order chi connectivity index (χ0) is 19.3. The highest BCUT2D eigenvalue weighted by molar-refractivity contribution is 5.91. The predicted molar refractivity (Wildman–Crippen MR) is 90.3 cm³/mol. The zero-order valence-corrected chi connectivity index (χ0v) is 14.7. The van der Waals surface area contributed by atoms with Crippen molar-refractivity contribution in [3.05, 3.63) is 48.1 Å². The van der Waals surface area contributed by atoms with Crippen molar-refractivity contribution in [2.75, 3.05) is 11.9 Å². The van der Waals surface area contributed by atoms with E-state index >= 15 is 0 Å². The summed E-state index contributed by atoms with van der Waals surface area (Å²) >= 11 is 0. The van der Waals surface area contributed by atoms with E-state index in [0.717, 1.165) is 5.56 Å². The molecule has 0 fully saturated rings. The molecule has 0 aliphatic carbocycles. The number of hydrogen-bond acceptors (Lipinski definition) is 5. The Kier molecular flexibility index (Phi) is 6.12. The highest BCUT2D eigenvalue weighted by Crippen LogP contribution is 2.27. The van der Waals surface area contributed by atoms with E-state index in [1.165, 1.54) is 17.3 Å². The number of carbonyl (C=O) groups is 1. The van der Waals surface area contributed by atoms with Crippen molar-refractivity contribution in [1.82, 2.24) is 15.4 Å². The molecule has 1 aromatic rings. The van der Waals surface area contributed by atoms with Crippen LogP contribution >= 0.6 is 0 Å². The number of amides is 1. The number of anilines is 1. The molecular formula is C17H21F3N4O2. The second kappa shape index (κ2) is 8.11. The van der Waals surface area contributed by atoms with Crippen LogP contribution in [0.3, 0.4) is 0 Å². The first kappa shape index (κ1) is 19.6. The van der Waals surface area contributed by atoms with Gasteiger partial charge in [0, 0.05) is 24.4 Å². The predicted octanol–water partition coefficient (Wildman–Crippen LogP) is 3.49. The van der Waals surface area contributed by atoms with Crippen LogP contribution in [0.1, 0.15) is 32.4 Å². The van der Waals surface area contributed by atoms with Gasteiger partial charge in [0.15, 0.2) is 6.61 Å². The quantitative estimate of drug-likeness (QED) is 0.802. The van der Waals surface area contributed by atoms with E-state index in [9.17, 15) is 18.0 Å². The van der Waals surface area contributed by atoms with Crippen molar-refractivity contribution in [3.63, 3.8) is 0 Å². The molecule has 2 rings (SSSR count). The molecule has 2 heterocycles. The van der Waals surface area contributed by atoms with Gasteiger partial charge in [-0.3, -0.25) is 9.80 Å². The molecule has 1 atom stereocenters. The van der Waals surface area contributed by atoms with Crippen molar-refractivity contribution < 1.29 is 22.7 Å². The number of alkyl halides is 3. The Hall–Kier alpha value is -2.71. The standard InChI is InChI=1S/C17H21F3N4O2/c1-11(2)16(25)23-14-9-13(6-8-21-14)12(3)24-15(5-4-7-22-24)26-10-17(18,19)20/h4-9,11-12,22H,10H2,1-3H3,(H,21,23,25). The van der Waals surface area contributed by atoms with Crippen LogP contribution in [0.25, 0.3) is 0 Å². The zero-order valence-electron chi connectivity index (χ0n) is 14.7. The number of aromatic nitrogens is 1. The molecule has 9 heteroatoms. The van der Waals surface area contributed by atoms with Crippen LogP contribution in [-0.2, 0) is 9.53 Å². The third kappa shape index (κ3) is 5.40. The number of rotatable bonds is 6. The van der Waals surface area contributed by atoms with E-state index in [4.69, 9.17) is 4.74 Å². The summed E-state index contributed by atoms with van der Waals surface area (Å²) in [6.07, 6.45) is 1.68. The number of nitrogens with one attached hydrogen (secondary N) is 2. The Labute approximate surface area is 149 Å². The van der Waals surface area contributed by atoms with E-state index in [1.54, 1.807) is 45.2 Å². The smallest absolute Gasteiger partial charge is 0.422 e. The number of allylic oxidation sites excluding steroid dienone is 2. The molecule has 1 aliphatic heterocycles. The number of carbonyl (C=O) groups excluding carboxylic acids is 1. The van der Waals surface area contributed by atoms with Gasteiger partial charge < -0.3 is 15.5 Å². The average molecular weight is 370 g/mol. The lowest BCUT2D eigenvalue weighted by Crippen LogP contribution is -2.39. The summed E-state index contributed by atoms with van der Waals surface area (Å²) in [5, 5.41) is 4.17. The summed E-state index contributed by atoms with van der Waals surface area (Å²) < 4.78 is 42.2. The summed E-state index contributed by atoms with van der Waals surface area (Å²) in [5.41, 5.74) is 3.61. The van der Waals surface area contributed by atoms with Crippen LogP contribution in [0.15, 0.2) is 42.6 Å². The Morgan fingerprint density at radius 1 is 1.38 bits per heavy atom. The second-order valence-electron chi connectivity index (χ2n) is 6.06. The minimum Gasteiger partial charge on any atom is -0.468 e. The van der Waals surface area contributed by atoms with Crippen LogP contribution in [0.5, 0.6) is 0 Å². The first-order valence-electron chi connectivity index (χ1n) is 8.06. The topological polar surface area (TPSA) is 66.5 Å². The summed E-state index contributed by atoms with van der Waals surface area (Å²) in [4.78, 5) is 15.9. The van der Waals surface area contributed by atoms with E-state index in [1.807, 2.05) is 0 Å². The summed E-state index contributed by atoms with van der Waals surface area (Å²) in [6.45, 7) is 3.94. The normalized spacial score (nSPS) is 15.3. The van der Waals surface area contributed by atoms with Crippen LogP contribution in [0, 0.1) is 5.92 Å². The molecule has 1 aromatic heterocycles. The minimum atomic E-state index is -4.43. The largest absolute Gasteiger partial charge is 0.468 e. The van der Waals surface area contributed by atoms with E-state index < -0.39 is 12.8 Å². The number of pyridine rings is 1. The minimum absolute atomic E-state index is 0.0434. The van der Waals surface area contributed by atoms with Gasteiger partial charge in [-0.25, -0.2) is 4.98 Å². The van der Waals surface area contributed by atoms with Gasteiger partial charge in [0.2, 0.25) is 11.8 Å². The van der Waals surface area contributed by atoms with Crippen LogP contribution in [-0.4, -0.2) is 28.7 Å². The molecule has 0 bridgehead atoms. The van der Waals surface area contributed by atoms with Crippen molar-refractivity contribution in [2.45, 2.75) is 33.0 Å². The Balaban J connectivity index is 2.14. The molecule has 1 aliphatic rings. The summed E-state index contributed by atoms with van der Waals surface area (Å²) in [5.74, 6) is 0.0526. The number of nitrogens with zero attached hydrogens (tertiary/aromatic N) is 2. The average Bonchev–Trinajstić information content (AvgIpc) is 2.59. The lowest BCUT2D eigenvalue weighted by atomic mass is 10.1. The summed E-state index contributed by atoms with van der Waals surface area (Å²) in [7, 11) is 0. The van der Waals surface area contributed by atoms with Gasteiger partial charge in [-0.15, -0.1) is 0 Å². The Morgan fingerprint density at radius 3 is 2.77 bits per heavy atom. The summed E-state index contributed by atoms with van der Waals surface area (Å²) in [6, 6.07) is 3.01. The molecule has 1 unspecified atom stereocenters. The van der Waals surface area contributed by atoms with Gasteiger partial charge >= 0.3 is 6.18 Å². The maximum atomic E-state index is 12.4. The van der Waals surface area contributed by atoms with E-state index in [0.29, 0.717) is 5.82 Å². The fraction of sp³-hybridized carbons (Fsp3) is 0.412. The van der Waals surface area contributed by atoms with Crippen molar-refractivity contribution >= 4 is 11.7 Å². The van der Waals surface area contributed by atoms with E-state index in [-0.39, 0.29) is 23.8 Å². The molecule has 2 N–H and O–H groups in total. The first-order chi connectivity index (χ1) is 12.2. The monoisotopic (exact) mass is 370 g/mol. The lowest BCUT2D eigenvalue weighted by molar-refractivity contribution is -0.172. The highest BCUT2D eigenvalue weighted by Gasteiger charge is 2.31. The molecule has 26 heavy (non-hydrogen) atoms. The van der Waals surface area contributed by atoms with Gasteiger partial charge in [-0.1, -0.05) is 13.8 Å². The van der Waals surface area contributed by atoms with E-state index in [2.05, 4.69) is 15.7 Å². The molecule has 0 aromatic carbocycles. The SMILES string of the molecule is CC(C)C(=O)Nc1cc(C(C)N2NC=CC=C2OCC(F)(F)F)ccn1. The molecule has 6 nitrogen and oxygen atoms in total. The molecule has 142 valence electrons. The van der Waals surface area contributed by atoms with Crippen LogP contribution in [0.2, 0.25) is 0 Å². The van der Waals surface area contributed by atoms with Crippen molar-refractivity contribution in [1.29, 1.82) is 0 Å². The lowest BCUT2D eigenvalue weighted by Gasteiger charge is -2.34. The van der Waals surface area contributed by atoms with Crippen LogP contribution < -0.4 is 10.7 Å². The highest BCUT2D eigenvalue weighted by atomic mass is 19.4. The van der Waals surface area contributed by atoms with Crippen molar-refractivity contribution in [2.24, 2.45) is 5.92 Å². The molecule has 0 saturated carbocycles. The van der Waals surface area contributed by atoms with Crippen molar-refractivity contribution in [3.8, 4) is 0 Å². The molecule has 0 saturated heterocycles. The Morgan fingerprint density at radius 2 is 2.12 bits per heavy atom. The number of hydrogen-bond donors (Lipinski definition) is 2. The maximum absolute atomic E-state index is 12.4. The fourth-order valence-corrected chi connectivity index (χ4v) is 2.17. The molecule has 0 spiro atoms. The van der Waals surface area contributed by atoms with Gasteiger partial charge in [-0.2, -0.15) is 13.2 Å². The van der Waals surface area contributed by atoms with Gasteiger partial charge in [0.05, 0.1) is 6.04 Å². The number of halogens is 3. The Bertz CT molecular complexity index is 701. The maximum Gasteiger partial charge on any atom is 0.422 e. The van der Waals surface area contributed by atoms with Gasteiger partial charge in [-0.05, 0) is 30.7 Å². The van der Waals surface area contributed by atoms with Gasteiger partial charge in [0.1, 0.15) is 5.82 Å². The van der Waals surface area contributed by atoms with Gasteiger partial charge in [0.25, 0.3) is 0 Å². The second-order valence-corrected chi connectivity index (χ2v) is 6.06.